The molecule has 0 aliphatic rings. The summed E-state index contributed by atoms with van der Waals surface area (Å²) in [5.41, 5.74) is 12.4. The summed E-state index contributed by atoms with van der Waals surface area (Å²) in [7, 11) is 1.35. The highest BCUT2D eigenvalue weighted by Crippen LogP contribution is 2.15. The maximum Gasteiger partial charge on any atom is 0.312 e. The lowest BCUT2D eigenvalue weighted by molar-refractivity contribution is -0.144. The maximum absolute atomic E-state index is 12.8. The Balaban J connectivity index is 2.79. The van der Waals surface area contributed by atoms with Crippen LogP contribution >= 0.6 is 0 Å². The van der Waals surface area contributed by atoms with Gasteiger partial charge in [-0.05, 0) is 42.9 Å². The molecule has 32 heavy (non-hydrogen) atoms. The first-order chi connectivity index (χ1) is 15.0. The van der Waals surface area contributed by atoms with Crippen molar-refractivity contribution in [3.63, 3.8) is 0 Å². The molecule has 0 fully saturated rings. The Morgan fingerprint density at radius 1 is 1.03 bits per heavy atom. The number of anilines is 1. The maximum atomic E-state index is 12.8. The van der Waals surface area contributed by atoms with Gasteiger partial charge in [-0.2, -0.15) is 0 Å². The number of benzene rings is 1. The summed E-state index contributed by atoms with van der Waals surface area (Å²) in [4.78, 5) is 47.6. The largest absolute Gasteiger partial charge is 0.469 e. The van der Waals surface area contributed by atoms with Crippen molar-refractivity contribution < 1.29 is 23.9 Å². The highest BCUT2D eigenvalue weighted by molar-refractivity contribution is 5.97. The lowest BCUT2D eigenvalue weighted by atomic mass is 10.0. The zero-order chi connectivity index (χ0) is 24.3. The molecule has 1 unspecified atom stereocenters. The Morgan fingerprint density at radius 3 is 2.19 bits per heavy atom. The van der Waals surface area contributed by atoms with Gasteiger partial charge in [0.25, 0.3) is 0 Å². The fourth-order valence-electron chi connectivity index (χ4n) is 2.95. The molecule has 0 aromatic heterocycles. The van der Waals surface area contributed by atoms with E-state index in [4.69, 9.17) is 16.2 Å². The van der Waals surface area contributed by atoms with Crippen LogP contribution in [0.25, 0.3) is 0 Å². The molecule has 1 rings (SSSR count). The normalized spacial score (nSPS) is 13.6. The smallest absolute Gasteiger partial charge is 0.312 e. The average Bonchev–Trinajstić information content (AvgIpc) is 2.75. The number of carbonyl (C=O) groups is 4. The second kappa shape index (κ2) is 13.3. The molecule has 4 amide bonds. The third-order valence-corrected chi connectivity index (χ3v) is 4.99. The van der Waals surface area contributed by atoms with Crippen LogP contribution in [0.5, 0.6) is 0 Å². The highest BCUT2D eigenvalue weighted by atomic mass is 16.5. The van der Waals surface area contributed by atoms with Crippen LogP contribution < -0.4 is 27.4 Å². The molecule has 0 radical (unpaired) electrons. The van der Waals surface area contributed by atoms with Crippen LogP contribution in [0.3, 0.4) is 0 Å². The number of carbonyl (C=O) groups excluding carboxylic acids is 4. The molecule has 7 N–H and O–H groups in total. The Labute approximate surface area is 188 Å². The topological polar surface area (TPSA) is 166 Å². The number of urea groups is 1. The molecule has 1 aromatic carbocycles. The molecule has 10 heteroatoms. The molecule has 0 saturated carbocycles. The number of esters is 1. The molecule has 3 atom stereocenters. The Hall–Kier alpha value is -3.14. The molecule has 1 aromatic rings. The molecule has 0 bridgehead atoms. The van der Waals surface area contributed by atoms with Gasteiger partial charge in [0.05, 0.1) is 19.1 Å². The standard InChI is InChI=1S/C22H35N5O5/c1-13(2)18(23)20(29)27-17(6-5-11-25-22(24)31)19(28)26-16-9-7-15(8-10-16)12-14(3)21(30)32-4/h7-10,13-14,17-18H,5-6,11-12,23H2,1-4H3,(H,26,28)(H,27,29)(H3,24,25,31)/t14-,17?,18+/m0/s1. The van der Waals surface area contributed by atoms with Gasteiger partial charge >= 0.3 is 12.0 Å². The SMILES string of the molecule is COC(=O)[C@@H](C)Cc1ccc(NC(=O)C(CCCNC(N)=O)NC(=O)[C@H](N)C(C)C)cc1. The van der Waals surface area contributed by atoms with E-state index in [0.717, 1.165) is 5.56 Å². The van der Waals surface area contributed by atoms with Crippen LogP contribution in [0.4, 0.5) is 10.5 Å². The number of ether oxygens (including phenoxy) is 1. The van der Waals surface area contributed by atoms with Gasteiger partial charge < -0.3 is 32.2 Å². The first-order valence-corrected chi connectivity index (χ1v) is 10.6. The molecule has 0 aliphatic heterocycles. The number of amides is 4. The first-order valence-electron chi connectivity index (χ1n) is 10.6. The van der Waals surface area contributed by atoms with E-state index in [0.29, 0.717) is 18.5 Å². The van der Waals surface area contributed by atoms with E-state index in [-0.39, 0.29) is 30.8 Å². The van der Waals surface area contributed by atoms with Crippen molar-refractivity contribution in [3.05, 3.63) is 29.8 Å². The monoisotopic (exact) mass is 449 g/mol. The third-order valence-electron chi connectivity index (χ3n) is 4.99. The zero-order valence-electron chi connectivity index (χ0n) is 19.1. The van der Waals surface area contributed by atoms with E-state index in [1.807, 2.05) is 26.0 Å². The minimum atomic E-state index is -0.832. The first kappa shape index (κ1) is 26.9. The van der Waals surface area contributed by atoms with E-state index < -0.39 is 29.9 Å². The summed E-state index contributed by atoms with van der Waals surface area (Å²) < 4.78 is 4.73. The van der Waals surface area contributed by atoms with Gasteiger partial charge in [-0.1, -0.05) is 32.9 Å². The second-order valence-corrected chi connectivity index (χ2v) is 8.08. The molecule has 10 nitrogen and oxygen atoms in total. The Bertz CT molecular complexity index is 781. The predicted octanol–water partition coefficient (Wildman–Crippen LogP) is 0.893. The van der Waals surface area contributed by atoms with Gasteiger partial charge in [-0.25, -0.2) is 4.79 Å². The van der Waals surface area contributed by atoms with Crippen molar-refractivity contribution in [2.75, 3.05) is 19.0 Å². The van der Waals surface area contributed by atoms with Crippen molar-refractivity contribution in [3.8, 4) is 0 Å². The third kappa shape index (κ3) is 9.34. The van der Waals surface area contributed by atoms with Gasteiger partial charge in [0.2, 0.25) is 11.8 Å². The minimum Gasteiger partial charge on any atom is -0.469 e. The van der Waals surface area contributed by atoms with Crippen molar-refractivity contribution >= 4 is 29.5 Å². The summed E-state index contributed by atoms with van der Waals surface area (Å²) in [6, 6.07) is 4.85. The van der Waals surface area contributed by atoms with Crippen LogP contribution in [0, 0.1) is 11.8 Å². The van der Waals surface area contributed by atoms with Crippen LogP contribution in [0.1, 0.15) is 39.2 Å². The lowest BCUT2D eigenvalue weighted by Gasteiger charge is -2.22. The van der Waals surface area contributed by atoms with Crippen molar-refractivity contribution in [1.29, 1.82) is 0 Å². The lowest BCUT2D eigenvalue weighted by Crippen LogP contribution is -2.51. The number of primary amides is 1. The second-order valence-electron chi connectivity index (χ2n) is 8.08. The van der Waals surface area contributed by atoms with Gasteiger partial charge in [0.1, 0.15) is 6.04 Å². The molecule has 0 heterocycles. The zero-order valence-corrected chi connectivity index (χ0v) is 19.1. The van der Waals surface area contributed by atoms with E-state index in [1.54, 1.807) is 19.1 Å². The Morgan fingerprint density at radius 2 is 1.66 bits per heavy atom. The van der Waals surface area contributed by atoms with Gasteiger partial charge in [0.15, 0.2) is 0 Å². The van der Waals surface area contributed by atoms with Crippen LogP contribution in [0.2, 0.25) is 0 Å². The van der Waals surface area contributed by atoms with Crippen LogP contribution in [-0.2, 0) is 25.5 Å². The van der Waals surface area contributed by atoms with E-state index >= 15 is 0 Å². The van der Waals surface area contributed by atoms with Crippen LogP contribution in [0.15, 0.2) is 24.3 Å². The summed E-state index contributed by atoms with van der Waals surface area (Å²) in [6.07, 6.45) is 1.24. The molecular weight excluding hydrogens is 414 g/mol. The summed E-state index contributed by atoms with van der Waals surface area (Å²) in [6.45, 7) is 5.69. The van der Waals surface area contributed by atoms with Crippen molar-refractivity contribution in [2.45, 2.75) is 52.1 Å². The number of hydrogen-bond acceptors (Lipinski definition) is 6. The van der Waals surface area contributed by atoms with Crippen molar-refractivity contribution in [1.82, 2.24) is 10.6 Å². The van der Waals surface area contributed by atoms with Gasteiger partial charge in [0, 0.05) is 12.2 Å². The Kier molecular flexibility index (Phi) is 11.2. The molecule has 0 saturated heterocycles. The van der Waals surface area contributed by atoms with Crippen molar-refractivity contribution in [2.24, 2.45) is 23.3 Å². The summed E-state index contributed by atoms with van der Waals surface area (Å²) >= 11 is 0. The molecular formula is C22H35N5O5. The van der Waals surface area contributed by atoms with E-state index in [2.05, 4.69) is 16.0 Å². The van der Waals surface area contributed by atoms with Gasteiger partial charge in [-0.3, -0.25) is 14.4 Å². The molecule has 0 aliphatic carbocycles. The van der Waals surface area contributed by atoms with Crippen LogP contribution in [-0.4, -0.2) is 49.6 Å². The number of methoxy groups -OCH3 is 1. The quantitative estimate of drug-likeness (QED) is 0.235. The number of hydrogen-bond donors (Lipinski definition) is 5. The van der Waals surface area contributed by atoms with E-state index in [1.165, 1.54) is 7.11 Å². The van der Waals surface area contributed by atoms with Gasteiger partial charge in [-0.15, -0.1) is 0 Å². The molecule has 178 valence electrons. The number of rotatable bonds is 12. The minimum absolute atomic E-state index is 0.0878. The average molecular weight is 450 g/mol. The molecule has 0 spiro atoms. The summed E-state index contributed by atoms with van der Waals surface area (Å²) in [5.74, 6) is -1.47. The fourth-order valence-corrected chi connectivity index (χ4v) is 2.95. The number of nitrogens with two attached hydrogens (primary N) is 2. The fraction of sp³-hybridized carbons (Fsp3) is 0.545. The van der Waals surface area contributed by atoms with E-state index in [9.17, 15) is 19.2 Å². The highest BCUT2D eigenvalue weighted by Gasteiger charge is 2.25. The number of nitrogens with one attached hydrogen (secondary N) is 3. The predicted molar refractivity (Wildman–Crippen MR) is 122 cm³/mol. The summed E-state index contributed by atoms with van der Waals surface area (Å²) in [5, 5.41) is 7.93.